The number of piperidine rings is 1. The minimum absolute atomic E-state index is 0.00519. The second kappa shape index (κ2) is 11.2. The van der Waals surface area contributed by atoms with Crippen LogP contribution in [-0.4, -0.2) is 46.8 Å². The van der Waals surface area contributed by atoms with Crippen LogP contribution in [0.25, 0.3) is 11.1 Å². The summed E-state index contributed by atoms with van der Waals surface area (Å²) in [4.78, 5) is 15.7. The Bertz CT molecular complexity index is 1280. The van der Waals surface area contributed by atoms with E-state index in [0.717, 1.165) is 55.9 Å². The number of hydrogen-bond donors (Lipinski definition) is 1. The smallest absolute Gasteiger partial charge is 0.252 e. The zero-order valence-corrected chi connectivity index (χ0v) is 20.6. The number of para-hydroxylation sites is 1. The van der Waals surface area contributed by atoms with Crippen molar-refractivity contribution in [2.45, 2.75) is 32.0 Å². The summed E-state index contributed by atoms with van der Waals surface area (Å²) >= 11 is 0. The fourth-order valence-electron chi connectivity index (χ4n) is 4.88. The van der Waals surface area contributed by atoms with Gasteiger partial charge < -0.3 is 10.1 Å². The van der Waals surface area contributed by atoms with Gasteiger partial charge in [-0.25, -0.2) is 0 Å². The SMILES string of the molecule is COc1ccccc1CN1CCC(NC(=O)c2ccccc2-c2ccc(Cn3cccn3)cc2)CC1. The molecule has 3 aromatic carbocycles. The molecule has 36 heavy (non-hydrogen) atoms. The van der Waals surface area contributed by atoms with E-state index < -0.39 is 0 Å². The van der Waals surface area contributed by atoms with E-state index in [1.165, 1.54) is 11.1 Å². The second-order valence-corrected chi connectivity index (χ2v) is 9.28. The second-order valence-electron chi connectivity index (χ2n) is 9.28. The third kappa shape index (κ3) is 5.66. The molecule has 6 nitrogen and oxygen atoms in total. The van der Waals surface area contributed by atoms with Crippen molar-refractivity contribution in [2.75, 3.05) is 20.2 Å². The molecule has 0 radical (unpaired) electrons. The maximum Gasteiger partial charge on any atom is 0.252 e. The maximum absolute atomic E-state index is 13.3. The van der Waals surface area contributed by atoms with Crippen LogP contribution < -0.4 is 10.1 Å². The number of rotatable bonds is 8. The molecule has 2 heterocycles. The molecule has 4 aromatic rings. The summed E-state index contributed by atoms with van der Waals surface area (Å²) in [5.74, 6) is 0.924. The van der Waals surface area contributed by atoms with Gasteiger partial charge in [-0.2, -0.15) is 5.10 Å². The van der Waals surface area contributed by atoms with Crippen molar-refractivity contribution in [3.8, 4) is 16.9 Å². The van der Waals surface area contributed by atoms with E-state index in [1.807, 2.05) is 53.3 Å². The fraction of sp³-hybridized carbons (Fsp3) is 0.267. The van der Waals surface area contributed by atoms with Gasteiger partial charge in [-0.3, -0.25) is 14.4 Å². The molecule has 1 N–H and O–H groups in total. The van der Waals surface area contributed by atoms with E-state index >= 15 is 0 Å². The van der Waals surface area contributed by atoms with E-state index in [-0.39, 0.29) is 11.9 Å². The molecule has 1 aliphatic rings. The average Bonchev–Trinajstić information content (AvgIpc) is 3.44. The normalized spacial score (nSPS) is 14.5. The lowest BCUT2D eigenvalue weighted by Crippen LogP contribution is -2.44. The highest BCUT2D eigenvalue weighted by Crippen LogP contribution is 2.25. The van der Waals surface area contributed by atoms with Crippen molar-refractivity contribution in [3.05, 3.63) is 108 Å². The molecule has 0 aliphatic carbocycles. The van der Waals surface area contributed by atoms with E-state index in [0.29, 0.717) is 5.56 Å². The maximum atomic E-state index is 13.3. The quantitative estimate of drug-likeness (QED) is 0.386. The Morgan fingerprint density at radius 3 is 2.44 bits per heavy atom. The summed E-state index contributed by atoms with van der Waals surface area (Å²) in [5.41, 5.74) is 5.08. The number of nitrogens with zero attached hydrogens (tertiary/aromatic N) is 3. The van der Waals surface area contributed by atoms with Crippen LogP contribution in [0, 0.1) is 0 Å². The molecule has 1 aliphatic heterocycles. The van der Waals surface area contributed by atoms with Gasteiger partial charge in [-0.05, 0) is 47.7 Å². The van der Waals surface area contributed by atoms with Crippen LogP contribution in [-0.2, 0) is 13.1 Å². The predicted molar refractivity (Wildman–Crippen MR) is 142 cm³/mol. The number of aromatic nitrogens is 2. The van der Waals surface area contributed by atoms with Gasteiger partial charge in [0.15, 0.2) is 0 Å². The highest BCUT2D eigenvalue weighted by atomic mass is 16.5. The number of ether oxygens (including phenoxy) is 1. The topological polar surface area (TPSA) is 59.4 Å². The third-order valence-corrected chi connectivity index (χ3v) is 6.85. The zero-order valence-electron chi connectivity index (χ0n) is 20.6. The van der Waals surface area contributed by atoms with Crippen molar-refractivity contribution >= 4 is 5.91 Å². The lowest BCUT2D eigenvalue weighted by atomic mass is 9.97. The number of carbonyl (C=O) groups is 1. The van der Waals surface area contributed by atoms with Crippen molar-refractivity contribution in [1.82, 2.24) is 20.0 Å². The third-order valence-electron chi connectivity index (χ3n) is 6.85. The summed E-state index contributed by atoms with van der Waals surface area (Å²) in [6.45, 7) is 3.49. The van der Waals surface area contributed by atoms with Crippen molar-refractivity contribution in [3.63, 3.8) is 0 Å². The van der Waals surface area contributed by atoms with Gasteiger partial charge in [0.1, 0.15) is 5.75 Å². The monoisotopic (exact) mass is 480 g/mol. The molecular weight excluding hydrogens is 448 g/mol. The Kier molecular flexibility index (Phi) is 7.43. The first-order valence-corrected chi connectivity index (χ1v) is 12.5. The van der Waals surface area contributed by atoms with E-state index in [1.54, 1.807) is 13.3 Å². The minimum Gasteiger partial charge on any atom is -0.496 e. The van der Waals surface area contributed by atoms with Gasteiger partial charge in [-0.15, -0.1) is 0 Å². The molecule has 1 amide bonds. The number of methoxy groups -OCH3 is 1. The Balaban J connectivity index is 1.20. The van der Waals surface area contributed by atoms with Crippen LogP contribution >= 0.6 is 0 Å². The first-order valence-electron chi connectivity index (χ1n) is 12.5. The largest absolute Gasteiger partial charge is 0.496 e. The van der Waals surface area contributed by atoms with Crippen LogP contribution in [0.5, 0.6) is 5.75 Å². The molecule has 1 saturated heterocycles. The molecule has 5 rings (SSSR count). The molecule has 1 aromatic heterocycles. The van der Waals surface area contributed by atoms with Crippen molar-refractivity contribution < 1.29 is 9.53 Å². The van der Waals surface area contributed by atoms with E-state index in [9.17, 15) is 4.79 Å². The first kappa shape index (κ1) is 23.8. The van der Waals surface area contributed by atoms with Crippen LogP contribution in [0.3, 0.4) is 0 Å². The van der Waals surface area contributed by atoms with Gasteiger partial charge >= 0.3 is 0 Å². The molecule has 0 saturated carbocycles. The molecule has 0 bridgehead atoms. The van der Waals surface area contributed by atoms with Crippen molar-refractivity contribution in [2.24, 2.45) is 0 Å². The Labute approximate surface area is 212 Å². The van der Waals surface area contributed by atoms with Crippen molar-refractivity contribution in [1.29, 1.82) is 0 Å². The van der Waals surface area contributed by atoms with Crippen LogP contribution in [0.2, 0.25) is 0 Å². The molecule has 6 heteroatoms. The van der Waals surface area contributed by atoms with Gasteiger partial charge in [-0.1, -0.05) is 60.7 Å². The molecular formula is C30H32N4O2. The van der Waals surface area contributed by atoms with E-state index in [4.69, 9.17) is 4.74 Å². The summed E-state index contributed by atoms with van der Waals surface area (Å²) < 4.78 is 7.40. The minimum atomic E-state index is -0.00519. The first-order chi connectivity index (χ1) is 17.7. The predicted octanol–water partition coefficient (Wildman–Crippen LogP) is 5.00. The number of likely N-dealkylation sites (tertiary alicyclic amines) is 1. The standard InChI is InChI=1S/C30H32N4O2/c1-36-29-10-5-2-7-25(29)22-33-19-15-26(16-20-33)32-30(35)28-9-4-3-8-27(28)24-13-11-23(12-14-24)21-34-18-6-17-31-34/h2-14,17-18,26H,15-16,19-22H2,1H3,(H,32,35). The van der Waals surface area contributed by atoms with Crippen LogP contribution in [0.15, 0.2) is 91.3 Å². The summed E-state index contributed by atoms with van der Waals surface area (Å²) in [5, 5.41) is 7.56. The van der Waals surface area contributed by atoms with Gasteiger partial charge in [0.25, 0.3) is 5.91 Å². The molecule has 0 unspecified atom stereocenters. The Morgan fingerprint density at radius 2 is 1.69 bits per heavy atom. The highest BCUT2D eigenvalue weighted by Gasteiger charge is 2.23. The van der Waals surface area contributed by atoms with Crippen LogP contribution in [0.1, 0.15) is 34.3 Å². The molecule has 1 fully saturated rings. The number of amides is 1. The number of hydrogen-bond acceptors (Lipinski definition) is 4. The number of nitrogens with one attached hydrogen (secondary N) is 1. The Morgan fingerprint density at radius 1 is 0.944 bits per heavy atom. The fourth-order valence-corrected chi connectivity index (χ4v) is 4.88. The summed E-state index contributed by atoms with van der Waals surface area (Å²) in [7, 11) is 1.72. The summed E-state index contributed by atoms with van der Waals surface area (Å²) in [6.07, 6.45) is 5.61. The zero-order chi connectivity index (χ0) is 24.7. The molecule has 0 atom stereocenters. The molecule has 184 valence electrons. The number of benzene rings is 3. The van der Waals surface area contributed by atoms with Gasteiger partial charge in [0, 0.05) is 49.2 Å². The molecule has 0 spiro atoms. The van der Waals surface area contributed by atoms with Crippen LogP contribution in [0.4, 0.5) is 0 Å². The Hall–Kier alpha value is -3.90. The number of carbonyl (C=O) groups excluding carboxylic acids is 1. The van der Waals surface area contributed by atoms with Gasteiger partial charge in [0.05, 0.1) is 13.7 Å². The summed E-state index contributed by atoms with van der Waals surface area (Å²) in [6, 6.07) is 26.5. The highest BCUT2D eigenvalue weighted by molar-refractivity contribution is 6.01. The lowest BCUT2D eigenvalue weighted by molar-refractivity contribution is 0.0909. The van der Waals surface area contributed by atoms with Gasteiger partial charge in [0.2, 0.25) is 0 Å². The van der Waals surface area contributed by atoms with E-state index in [2.05, 4.69) is 51.7 Å². The lowest BCUT2D eigenvalue weighted by Gasteiger charge is -2.32. The average molecular weight is 481 g/mol.